The molecule has 0 heterocycles. The topological polar surface area (TPSA) is 64.3 Å². The summed E-state index contributed by atoms with van der Waals surface area (Å²) in [6.07, 6.45) is 0.777. The summed E-state index contributed by atoms with van der Waals surface area (Å²) in [5, 5.41) is 2.70. The fourth-order valence-corrected chi connectivity index (χ4v) is 1.52. The molecular formula is C13H20N2O2. The second-order valence-electron chi connectivity index (χ2n) is 4.03. The van der Waals surface area contributed by atoms with Crippen molar-refractivity contribution in [1.82, 2.24) is 5.32 Å². The summed E-state index contributed by atoms with van der Waals surface area (Å²) in [7, 11) is 0. The van der Waals surface area contributed by atoms with Crippen LogP contribution in [0, 0.1) is 13.8 Å². The maximum absolute atomic E-state index is 10.9. The second kappa shape index (κ2) is 6.91. The third-order valence-corrected chi connectivity index (χ3v) is 2.42. The lowest BCUT2D eigenvalue weighted by Crippen LogP contribution is -2.31. The van der Waals surface area contributed by atoms with Gasteiger partial charge in [0, 0.05) is 6.54 Å². The molecule has 17 heavy (non-hydrogen) atoms. The van der Waals surface area contributed by atoms with Gasteiger partial charge in [0.25, 0.3) is 0 Å². The van der Waals surface area contributed by atoms with Crippen LogP contribution in [0.1, 0.15) is 17.5 Å². The van der Waals surface area contributed by atoms with Gasteiger partial charge in [-0.25, -0.2) is 0 Å². The number of carbonyl (C=O) groups excluding carboxylic acids is 1. The molecular weight excluding hydrogens is 216 g/mol. The molecule has 94 valence electrons. The van der Waals surface area contributed by atoms with Gasteiger partial charge in [-0.2, -0.15) is 0 Å². The van der Waals surface area contributed by atoms with E-state index in [-0.39, 0.29) is 12.5 Å². The highest BCUT2D eigenvalue weighted by atomic mass is 16.5. The highest BCUT2D eigenvalue weighted by Crippen LogP contribution is 2.18. The summed E-state index contributed by atoms with van der Waals surface area (Å²) < 4.78 is 5.62. The van der Waals surface area contributed by atoms with Crippen molar-refractivity contribution in [3.63, 3.8) is 0 Å². The largest absolute Gasteiger partial charge is 0.493 e. The highest BCUT2D eigenvalue weighted by molar-refractivity contribution is 5.77. The normalized spacial score (nSPS) is 10.1. The van der Waals surface area contributed by atoms with E-state index in [0.717, 1.165) is 17.7 Å². The van der Waals surface area contributed by atoms with E-state index in [4.69, 9.17) is 10.5 Å². The quantitative estimate of drug-likeness (QED) is 0.728. The Morgan fingerprint density at radius 1 is 1.41 bits per heavy atom. The summed E-state index contributed by atoms with van der Waals surface area (Å²) in [4.78, 5) is 10.9. The molecule has 0 aliphatic carbocycles. The third-order valence-electron chi connectivity index (χ3n) is 2.42. The summed E-state index contributed by atoms with van der Waals surface area (Å²) in [6.45, 7) is 5.31. The minimum Gasteiger partial charge on any atom is -0.493 e. The smallest absolute Gasteiger partial charge is 0.233 e. The molecule has 0 saturated carbocycles. The molecule has 4 heteroatoms. The number of rotatable bonds is 6. The summed E-state index contributed by atoms with van der Waals surface area (Å²) >= 11 is 0. The Morgan fingerprint density at radius 3 is 2.82 bits per heavy atom. The fourth-order valence-electron chi connectivity index (χ4n) is 1.52. The molecule has 0 aliphatic heterocycles. The van der Waals surface area contributed by atoms with Crippen molar-refractivity contribution >= 4 is 5.91 Å². The highest BCUT2D eigenvalue weighted by Gasteiger charge is 2.00. The summed E-state index contributed by atoms with van der Waals surface area (Å²) in [5.74, 6) is 0.775. The van der Waals surface area contributed by atoms with Crippen LogP contribution >= 0.6 is 0 Å². The van der Waals surface area contributed by atoms with Gasteiger partial charge in [0.05, 0.1) is 13.2 Å². The number of benzene rings is 1. The van der Waals surface area contributed by atoms with Crippen molar-refractivity contribution in [2.75, 3.05) is 19.7 Å². The van der Waals surface area contributed by atoms with E-state index in [9.17, 15) is 4.79 Å². The van der Waals surface area contributed by atoms with Gasteiger partial charge in [-0.15, -0.1) is 0 Å². The van der Waals surface area contributed by atoms with Crippen LogP contribution in [0.25, 0.3) is 0 Å². The van der Waals surface area contributed by atoms with E-state index in [2.05, 4.69) is 18.3 Å². The molecule has 1 aromatic rings. The predicted octanol–water partition coefficient (Wildman–Crippen LogP) is 1.15. The first-order valence-corrected chi connectivity index (χ1v) is 5.80. The Labute approximate surface area is 102 Å². The van der Waals surface area contributed by atoms with Crippen LogP contribution in [0.2, 0.25) is 0 Å². The first kappa shape index (κ1) is 13.5. The Balaban J connectivity index is 2.24. The molecule has 0 unspecified atom stereocenters. The van der Waals surface area contributed by atoms with E-state index in [1.807, 2.05) is 19.1 Å². The van der Waals surface area contributed by atoms with Gasteiger partial charge in [0.15, 0.2) is 0 Å². The third kappa shape index (κ3) is 4.87. The molecule has 3 N–H and O–H groups in total. The number of carbonyl (C=O) groups is 1. The lowest BCUT2D eigenvalue weighted by atomic mass is 10.1. The van der Waals surface area contributed by atoms with Gasteiger partial charge in [-0.1, -0.05) is 17.7 Å². The van der Waals surface area contributed by atoms with Crippen LogP contribution in [0.4, 0.5) is 0 Å². The van der Waals surface area contributed by atoms with E-state index < -0.39 is 0 Å². The standard InChI is InChI=1S/C13H20N2O2/c1-10-4-5-12(11(2)8-10)17-7-3-6-15-13(16)9-14/h4-5,8H,3,6-7,9,14H2,1-2H3,(H,15,16). The van der Waals surface area contributed by atoms with E-state index >= 15 is 0 Å². The first-order chi connectivity index (χ1) is 8.13. The molecule has 0 bridgehead atoms. The SMILES string of the molecule is Cc1ccc(OCCCNC(=O)CN)c(C)c1. The molecule has 0 aliphatic rings. The van der Waals surface area contributed by atoms with Gasteiger partial charge in [-0.05, 0) is 31.9 Å². The molecule has 0 atom stereocenters. The Kier molecular flexibility index (Phi) is 5.49. The maximum Gasteiger partial charge on any atom is 0.233 e. The van der Waals surface area contributed by atoms with Gasteiger partial charge < -0.3 is 15.8 Å². The van der Waals surface area contributed by atoms with Crippen molar-refractivity contribution in [3.05, 3.63) is 29.3 Å². The predicted molar refractivity (Wildman–Crippen MR) is 68.1 cm³/mol. The molecule has 0 spiro atoms. The molecule has 1 amide bonds. The van der Waals surface area contributed by atoms with E-state index in [0.29, 0.717) is 13.2 Å². The lowest BCUT2D eigenvalue weighted by molar-refractivity contribution is -0.119. The van der Waals surface area contributed by atoms with Gasteiger partial charge >= 0.3 is 0 Å². The Bertz CT molecular complexity index is 378. The number of hydrogen-bond acceptors (Lipinski definition) is 3. The minimum atomic E-state index is -0.128. The minimum absolute atomic E-state index is 0.0396. The van der Waals surface area contributed by atoms with Gasteiger partial charge in [-0.3, -0.25) is 4.79 Å². The van der Waals surface area contributed by atoms with Crippen molar-refractivity contribution in [3.8, 4) is 5.75 Å². The van der Waals surface area contributed by atoms with Crippen LogP contribution in [0.15, 0.2) is 18.2 Å². The molecule has 4 nitrogen and oxygen atoms in total. The molecule has 0 fully saturated rings. The van der Waals surface area contributed by atoms with Gasteiger partial charge in [0.1, 0.15) is 5.75 Å². The zero-order valence-corrected chi connectivity index (χ0v) is 10.5. The number of nitrogens with two attached hydrogens (primary N) is 1. The van der Waals surface area contributed by atoms with E-state index in [1.54, 1.807) is 0 Å². The van der Waals surface area contributed by atoms with Crippen LogP contribution in [0.3, 0.4) is 0 Å². The Hall–Kier alpha value is -1.55. The maximum atomic E-state index is 10.9. The number of hydrogen-bond donors (Lipinski definition) is 2. The van der Waals surface area contributed by atoms with Crippen molar-refractivity contribution < 1.29 is 9.53 Å². The fraction of sp³-hybridized carbons (Fsp3) is 0.462. The number of nitrogens with one attached hydrogen (secondary N) is 1. The van der Waals surface area contributed by atoms with Crippen LogP contribution in [-0.4, -0.2) is 25.6 Å². The molecule has 0 radical (unpaired) electrons. The van der Waals surface area contributed by atoms with Crippen molar-refractivity contribution in [1.29, 1.82) is 0 Å². The number of ether oxygens (including phenoxy) is 1. The average Bonchev–Trinajstić information content (AvgIpc) is 2.30. The zero-order chi connectivity index (χ0) is 12.7. The molecule has 1 rings (SSSR count). The average molecular weight is 236 g/mol. The summed E-state index contributed by atoms with van der Waals surface area (Å²) in [5.41, 5.74) is 7.53. The number of aryl methyl sites for hydroxylation is 2. The van der Waals surface area contributed by atoms with Crippen LogP contribution in [0.5, 0.6) is 5.75 Å². The Morgan fingerprint density at radius 2 is 2.18 bits per heavy atom. The van der Waals surface area contributed by atoms with Gasteiger partial charge in [0.2, 0.25) is 5.91 Å². The molecule has 0 aromatic heterocycles. The van der Waals surface area contributed by atoms with Crippen molar-refractivity contribution in [2.24, 2.45) is 5.73 Å². The summed E-state index contributed by atoms with van der Waals surface area (Å²) in [6, 6.07) is 6.09. The molecule has 0 saturated heterocycles. The second-order valence-corrected chi connectivity index (χ2v) is 4.03. The van der Waals surface area contributed by atoms with Crippen LogP contribution in [-0.2, 0) is 4.79 Å². The molecule has 1 aromatic carbocycles. The van der Waals surface area contributed by atoms with Crippen LogP contribution < -0.4 is 15.8 Å². The van der Waals surface area contributed by atoms with Crippen molar-refractivity contribution in [2.45, 2.75) is 20.3 Å². The monoisotopic (exact) mass is 236 g/mol. The zero-order valence-electron chi connectivity index (χ0n) is 10.5. The van der Waals surface area contributed by atoms with E-state index in [1.165, 1.54) is 5.56 Å². The lowest BCUT2D eigenvalue weighted by Gasteiger charge is -2.09. The number of amides is 1. The first-order valence-electron chi connectivity index (χ1n) is 5.80.